The first kappa shape index (κ1) is 12.5. The third kappa shape index (κ3) is 2.33. The van der Waals surface area contributed by atoms with Crippen molar-refractivity contribution in [2.24, 2.45) is 0 Å². The summed E-state index contributed by atoms with van der Waals surface area (Å²) in [6.45, 7) is 6.43. The minimum absolute atomic E-state index is 0.303. The molecule has 0 radical (unpaired) electrons. The summed E-state index contributed by atoms with van der Waals surface area (Å²) < 4.78 is 0. The monoisotopic (exact) mass is 240 g/mol. The minimum atomic E-state index is 0.303. The first-order valence-corrected chi connectivity index (χ1v) is 6.21. The molecule has 2 aromatic rings. The molecule has 0 aliphatic rings. The van der Waals surface area contributed by atoms with E-state index in [9.17, 15) is 0 Å². The second-order valence-electron chi connectivity index (χ2n) is 4.95. The lowest BCUT2D eigenvalue weighted by atomic mass is 9.87. The Balaban J connectivity index is 2.50. The van der Waals surface area contributed by atoms with Gasteiger partial charge in [-0.05, 0) is 60.4 Å². The Bertz CT molecular complexity index is 522. The standard InChI is InChI=1S/C16H20N2/c1-10-4-6-13(17)8-15(10)12(3)16-9-14(18)7-5-11(16)2/h4-9,12H,17-18H2,1-3H3. The van der Waals surface area contributed by atoms with Crippen LogP contribution in [0.15, 0.2) is 36.4 Å². The molecule has 0 saturated heterocycles. The van der Waals surface area contributed by atoms with E-state index in [-0.39, 0.29) is 0 Å². The van der Waals surface area contributed by atoms with Crippen LogP contribution in [0.4, 0.5) is 11.4 Å². The lowest BCUT2D eigenvalue weighted by Gasteiger charge is -2.18. The number of rotatable bonds is 2. The second-order valence-corrected chi connectivity index (χ2v) is 4.95. The summed E-state index contributed by atoms with van der Waals surface area (Å²) in [6.07, 6.45) is 0. The first-order chi connectivity index (χ1) is 8.49. The highest BCUT2D eigenvalue weighted by molar-refractivity contribution is 5.52. The van der Waals surface area contributed by atoms with E-state index >= 15 is 0 Å². The van der Waals surface area contributed by atoms with Gasteiger partial charge in [0.05, 0.1) is 0 Å². The molecule has 18 heavy (non-hydrogen) atoms. The van der Waals surface area contributed by atoms with Gasteiger partial charge in [0, 0.05) is 17.3 Å². The molecular weight excluding hydrogens is 220 g/mol. The van der Waals surface area contributed by atoms with Crippen molar-refractivity contribution in [3.05, 3.63) is 58.7 Å². The van der Waals surface area contributed by atoms with Crippen molar-refractivity contribution in [3.63, 3.8) is 0 Å². The number of nitrogens with two attached hydrogens (primary N) is 2. The molecule has 2 heteroatoms. The average Bonchev–Trinajstić information content (AvgIpc) is 2.34. The smallest absolute Gasteiger partial charge is 0.0317 e. The predicted octanol–water partition coefficient (Wildman–Crippen LogP) is 3.62. The Labute approximate surface area is 109 Å². The third-order valence-electron chi connectivity index (χ3n) is 3.54. The highest BCUT2D eigenvalue weighted by atomic mass is 14.5. The molecule has 0 saturated carbocycles. The predicted molar refractivity (Wildman–Crippen MR) is 78.7 cm³/mol. The highest BCUT2D eigenvalue weighted by Crippen LogP contribution is 2.31. The molecule has 2 aromatic carbocycles. The van der Waals surface area contributed by atoms with Gasteiger partial charge in [-0.15, -0.1) is 0 Å². The molecule has 0 heterocycles. The van der Waals surface area contributed by atoms with Gasteiger partial charge in [0.1, 0.15) is 0 Å². The number of hydrogen-bond acceptors (Lipinski definition) is 2. The van der Waals surface area contributed by atoms with Gasteiger partial charge >= 0.3 is 0 Å². The summed E-state index contributed by atoms with van der Waals surface area (Å²) in [5.74, 6) is 0.303. The maximum absolute atomic E-state index is 5.89. The Morgan fingerprint density at radius 1 is 0.778 bits per heavy atom. The molecule has 0 unspecified atom stereocenters. The number of anilines is 2. The largest absolute Gasteiger partial charge is 0.399 e. The van der Waals surface area contributed by atoms with E-state index in [1.165, 1.54) is 22.3 Å². The van der Waals surface area contributed by atoms with Crippen molar-refractivity contribution in [1.82, 2.24) is 0 Å². The Morgan fingerprint density at radius 2 is 1.17 bits per heavy atom. The number of benzene rings is 2. The zero-order valence-electron chi connectivity index (χ0n) is 11.2. The molecule has 0 spiro atoms. The molecule has 0 aliphatic heterocycles. The lowest BCUT2D eigenvalue weighted by molar-refractivity contribution is 0.900. The van der Waals surface area contributed by atoms with Gasteiger partial charge in [0.25, 0.3) is 0 Å². The summed E-state index contributed by atoms with van der Waals surface area (Å²) in [5.41, 5.74) is 18.5. The fourth-order valence-corrected chi connectivity index (χ4v) is 2.42. The van der Waals surface area contributed by atoms with Crippen LogP contribution in [0.3, 0.4) is 0 Å². The van der Waals surface area contributed by atoms with Crippen LogP contribution in [0, 0.1) is 13.8 Å². The van der Waals surface area contributed by atoms with Crippen molar-refractivity contribution in [3.8, 4) is 0 Å². The summed E-state index contributed by atoms with van der Waals surface area (Å²) in [5, 5.41) is 0. The first-order valence-electron chi connectivity index (χ1n) is 6.21. The fraction of sp³-hybridized carbons (Fsp3) is 0.250. The molecule has 0 amide bonds. The molecule has 0 aromatic heterocycles. The van der Waals surface area contributed by atoms with Gasteiger partial charge < -0.3 is 11.5 Å². The van der Waals surface area contributed by atoms with E-state index in [0.717, 1.165) is 11.4 Å². The molecule has 0 aliphatic carbocycles. The second kappa shape index (κ2) is 4.73. The van der Waals surface area contributed by atoms with Gasteiger partial charge in [0.15, 0.2) is 0 Å². The topological polar surface area (TPSA) is 52.0 Å². The van der Waals surface area contributed by atoms with Crippen LogP contribution in [-0.2, 0) is 0 Å². The van der Waals surface area contributed by atoms with E-state index < -0.39 is 0 Å². The summed E-state index contributed by atoms with van der Waals surface area (Å²) in [4.78, 5) is 0. The number of hydrogen-bond donors (Lipinski definition) is 2. The molecule has 4 N–H and O–H groups in total. The van der Waals surface area contributed by atoms with Crippen LogP contribution >= 0.6 is 0 Å². The van der Waals surface area contributed by atoms with Crippen LogP contribution in [0.2, 0.25) is 0 Å². The van der Waals surface area contributed by atoms with Gasteiger partial charge in [0.2, 0.25) is 0 Å². The third-order valence-corrected chi connectivity index (χ3v) is 3.54. The minimum Gasteiger partial charge on any atom is -0.399 e. The van der Waals surface area contributed by atoms with Crippen molar-refractivity contribution in [1.29, 1.82) is 0 Å². The quantitative estimate of drug-likeness (QED) is 0.788. The van der Waals surface area contributed by atoms with E-state index in [1.807, 2.05) is 12.1 Å². The van der Waals surface area contributed by atoms with Crippen molar-refractivity contribution in [2.45, 2.75) is 26.7 Å². The Hall–Kier alpha value is -1.96. The Morgan fingerprint density at radius 3 is 1.56 bits per heavy atom. The zero-order chi connectivity index (χ0) is 13.3. The van der Waals surface area contributed by atoms with Gasteiger partial charge in [-0.3, -0.25) is 0 Å². The Kier molecular flexibility index (Phi) is 3.28. The summed E-state index contributed by atoms with van der Waals surface area (Å²) in [6, 6.07) is 12.1. The molecule has 2 nitrogen and oxygen atoms in total. The van der Waals surface area contributed by atoms with Gasteiger partial charge in [-0.1, -0.05) is 19.1 Å². The molecular formula is C16H20N2. The lowest BCUT2D eigenvalue weighted by Crippen LogP contribution is -2.03. The van der Waals surface area contributed by atoms with Crippen molar-refractivity contribution >= 4 is 11.4 Å². The SMILES string of the molecule is Cc1ccc(N)cc1C(C)c1cc(N)ccc1C. The molecule has 94 valence electrons. The molecule has 2 rings (SSSR count). The van der Waals surface area contributed by atoms with Crippen molar-refractivity contribution < 1.29 is 0 Å². The van der Waals surface area contributed by atoms with E-state index in [4.69, 9.17) is 11.5 Å². The van der Waals surface area contributed by atoms with E-state index in [2.05, 4.69) is 45.0 Å². The van der Waals surface area contributed by atoms with Crippen LogP contribution in [-0.4, -0.2) is 0 Å². The molecule has 0 bridgehead atoms. The van der Waals surface area contributed by atoms with Crippen LogP contribution < -0.4 is 11.5 Å². The highest BCUT2D eigenvalue weighted by Gasteiger charge is 2.13. The maximum Gasteiger partial charge on any atom is 0.0317 e. The van der Waals surface area contributed by atoms with Crippen LogP contribution in [0.1, 0.15) is 35.1 Å². The maximum atomic E-state index is 5.89. The summed E-state index contributed by atoms with van der Waals surface area (Å²) >= 11 is 0. The van der Waals surface area contributed by atoms with Crippen LogP contribution in [0.25, 0.3) is 0 Å². The zero-order valence-corrected chi connectivity index (χ0v) is 11.2. The van der Waals surface area contributed by atoms with E-state index in [0.29, 0.717) is 5.92 Å². The molecule has 0 fully saturated rings. The summed E-state index contributed by atoms with van der Waals surface area (Å²) in [7, 11) is 0. The normalized spacial score (nSPS) is 10.9. The molecule has 0 atom stereocenters. The van der Waals surface area contributed by atoms with Gasteiger partial charge in [-0.2, -0.15) is 0 Å². The fourth-order valence-electron chi connectivity index (χ4n) is 2.42. The van der Waals surface area contributed by atoms with Crippen molar-refractivity contribution in [2.75, 3.05) is 11.5 Å². The number of aryl methyl sites for hydroxylation is 2. The average molecular weight is 240 g/mol. The van der Waals surface area contributed by atoms with Gasteiger partial charge in [-0.25, -0.2) is 0 Å². The van der Waals surface area contributed by atoms with Crippen LogP contribution in [0.5, 0.6) is 0 Å². The van der Waals surface area contributed by atoms with E-state index in [1.54, 1.807) is 0 Å². The number of nitrogen functional groups attached to an aromatic ring is 2.